The van der Waals surface area contributed by atoms with Crippen molar-refractivity contribution in [3.63, 3.8) is 0 Å². The van der Waals surface area contributed by atoms with E-state index < -0.39 is 41.6 Å². The fourth-order valence-electron chi connectivity index (χ4n) is 2.94. The van der Waals surface area contributed by atoms with Gasteiger partial charge in [0.05, 0.1) is 12.9 Å². The van der Waals surface area contributed by atoms with Crippen LogP contribution >= 0.6 is 0 Å². The lowest BCUT2D eigenvalue weighted by Crippen LogP contribution is -2.27. The van der Waals surface area contributed by atoms with E-state index in [4.69, 9.17) is 9.47 Å². The fraction of sp³-hybridized carbons (Fsp3) is 0.526. The maximum atomic E-state index is 14.4. The Morgan fingerprint density at radius 3 is 2.58 bits per heavy atom. The van der Waals surface area contributed by atoms with E-state index in [9.17, 15) is 22.4 Å². The predicted octanol–water partition coefficient (Wildman–Crippen LogP) is 5.22. The normalized spacial score (nSPS) is 17.5. The number of ketones is 1. The maximum Gasteiger partial charge on any atom is 0.422 e. The fourth-order valence-corrected chi connectivity index (χ4v) is 2.94. The summed E-state index contributed by atoms with van der Waals surface area (Å²) in [5.74, 6) is -2.47. The molecule has 1 aromatic carbocycles. The molecule has 144 valence electrons. The highest BCUT2D eigenvalue weighted by molar-refractivity contribution is 5.85. The molecule has 1 aliphatic heterocycles. The smallest absolute Gasteiger partial charge is 0.422 e. The van der Waals surface area contributed by atoms with Crippen LogP contribution in [0.1, 0.15) is 50.7 Å². The van der Waals surface area contributed by atoms with Gasteiger partial charge in [0.15, 0.2) is 11.9 Å². The van der Waals surface area contributed by atoms with Gasteiger partial charge in [-0.25, -0.2) is 4.39 Å². The highest BCUT2D eigenvalue weighted by Crippen LogP contribution is 2.39. The molecule has 0 amide bonds. The third kappa shape index (κ3) is 4.77. The van der Waals surface area contributed by atoms with Gasteiger partial charge in [-0.05, 0) is 43.4 Å². The summed E-state index contributed by atoms with van der Waals surface area (Å²) in [5.41, 5.74) is -0.680. The van der Waals surface area contributed by atoms with Crippen LogP contribution < -0.4 is 4.74 Å². The highest BCUT2D eigenvalue weighted by Gasteiger charge is 2.39. The van der Waals surface area contributed by atoms with Crippen molar-refractivity contribution in [3.05, 3.63) is 40.9 Å². The SMILES string of the molecule is CCCC1=COC(C(=O)Cc2ccc(OCC)c(C(F)(F)F)c2F)CC1. The molecule has 26 heavy (non-hydrogen) atoms. The number of carbonyl (C=O) groups is 1. The van der Waals surface area contributed by atoms with E-state index in [0.29, 0.717) is 12.8 Å². The van der Waals surface area contributed by atoms with Gasteiger partial charge < -0.3 is 9.47 Å². The molecule has 0 aromatic heterocycles. The van der Waals surface area contributed by atoms with Crippen LogP contribution in [0.15, 0.2) is 24.0 Å². The van der Waals surface area contributed by atoms with Crippen LogP contribution in [-0.2, 0) is 22.1 Å². The second kappa shape index (κ2) is 8.56. The molecule has 1 aliphatic rings. The van der Waals surface area contributed by atoms with Gasteiger partial charge in [-0.15, -0.1) is 0 Å². The number of Topliss-reactive ketones (excluding diaryl/α,β-unsaturated/α-hetero) is 1. The number of benzene rings is 1. The Hall–Kier alpha value is -2.05. The van der Waals surface area contributed by atoms with Crippen LogP contribution in [-0.4, -0.2) is 18.5 Å². The number of hydrogen-bond acceptors (Lipinski definition) is 3. The molecule has 1 aromatic rings. The molecule has 3 nitrogen and oxygen atoms in total. The van der Waals surface area contributed by atoms with Crippen LogP contribution in [0, 0.1) is 5.82 Å². The molecule has 7 heteroatoms. The molecule has 0 N–H and O–H groups in total. The number of allylic oxidation sites excluding steroid dienone is 1. The van der Waals surface area contributed by atoms with E-state index in [2.05, 4.69) is 0 Å². The Balaban J connectivity index is 2.18. The van der Waals surface area contributed by atoms with E-state index in [0.717, 1.165) is 30.5 Å². The Labute approximate surface area is 150 Å². The number of rotatable bonds is 7. The number of hydrogen-bond donors (Lipinski definition) is 0. The van der Waals surface area contributed by atoms with Crippen LogP contribution in [0.4, 0.5) is 17.6 Å². The van der Waals surface area contributed by atoms with Gasteiger partial charge in [0.25, 0.3) is 0 Å². The molecule has 2 rings (SSSR count). The highest BCUT2D eigenvalue weighted by atomic mass is 19.4. The zero-order chi connectivity index (χ0) is 19.3. The minimum atomic E-state index is -4.91. The molecule has 0 aliphatic carbocycles. The van der Waals surface area contributed by atoms with Crippen LogP contribution in [0.25, 0.3) is 0 Å². The summed E-state index contributed by atoms with van der Waals surface area (Å²) in [6.07, 6.45) is -1.58. The number of alkyl halides is 3. The third-order valence-corrected chi connectivity index (χ3v) is 4.19. The predicted molar refractivity (Wildman–Crippen MR) is 88.4 cm³/mol. The van der Waals surface area contributed by atoms with Crippen molar-refractivity contribution < 1.29 is 31.8 Å². The lowest BCUT2D eigenvalue weighted by Gasteiger charge is -2.22. The lowest BCUT2D eigenvalue weighted by molar-refractivity contribution is -0.141. The van der Waals surface area contributed by atoms with Gasteiger partial charge in [0, 0.05) is 6.42 Å². The van der Waals surface area contributed by atoms with Crippen LogP contribution in [0.3, 0.4) is 0 Å². The Kier molecular flexibility index (Phi) is 6.67. The van der Waals surface area contributed by atoms with Gasteiger partial charge >= 0.3 is 6.18 Å². The summed E-state index contributed by atoms with van der Waals surface area (Å²) in [6.45, 7) is 3.52. The zero-order valence-electron chi connectivity index (χ0n) is 14.8. The first kappa shape index (κ1) is 20.3. The van der Waals surface area contributed by atoms with E-state index in [-0.39, 0.29) is 12.2 Å². The van der Waals surface area contributed by atoms with Gasteiger partial charge in [0.2, 0.25) is 0 Å². The van der Waals surface area contributed by atoms with Crippen molar-refractivity contribution in [3.8, 4) is 5.75 Å². The monoisotopic (exact) mass is 374 g/mol. The molecular weight excluding hydrogens is 352 g/mol. The molecule has 0 spiro atoms. The van der Waals surface area contributed by atoms with Crippen molar-refractivity contribution in [2.24, 2.45) is 0 Å². The Morgan fingerprint density at radius 2 is 2.04 bits per heavy atom. The van der Waals surface area contributed by atoms with E-state index in [1.54, 1.807) is 6.26 Å². The minimum absolute atomic E-state index is 0.0247. The van der Waals surface area contributed by atoms with Crippen molar-refractivity contribution >= 4 is 5.78 Å². The average molecular weight is 374 g/mol. The van der Waals surface area contributed by atoms with Gasteiger partial charge in [-0.1, -0.05) is 19.4 Å². The average Bonchev–Trinajstić information content (AvgIpc) is 2.57. The molecule has 0 bridgehead atoms. The van der Waals surface area contributed by atoms with Crippen molar-refractivity contribution in [1.82, 2.24) is 0 Å². The summed E-state index contributed by atoms with van der Waals surface area (Å²) in [5, 5.41) is 0. The summed E-state index contributed by atoms with van der Waals surface area (Å²) in [7, 11) is 0. The molecule has 0 saturated carbocycles. The zero-order valence-corrected chi connectivity index (χ0v) is 14.8. The summed E-state index contributed by atoms with van der Waals surface area (Å²) in [4.78, 5) is 12.3. The first-order valence-corrected chi connectivity index (χ1v) is 8.65. The molecule has 0 saturated heterocycles. The number of carbonyl (C=O) groups excluding carboxylic acids is 1. The van der Waals surface area contributed by atoms with Crippen molar-refractivity contribution in [2.75, 3.05) is 6.61 Å². The molecule has 1 unspecified atom stereocenters. The second-order valence-electron chi connectivity index (χ2n) is 6.18. The van der Waals surface area contributed by atoms with Gasteiger partial charge in [-0.2, -0.15) is 13.2 Å². The third-order valence-electron chi connectivity index (χ3n) is 4.19. The molecule has 0 fully saturated rings. The first-order valence-electron chi connectivity index (χ1n) is 8.65. The topological polar surface area (TPSA) is 35.5 Å². The van der Waals surface area contributed by atoms with E-state index in [1.165, 1.54) is 6.92 Å². The minimum Gasteiger partial charge on any atom is -0.493 e. The molecule has 1 atom stereocenters. The van der Waals surface area contributed by atoms with Crippen molar-refractivity contribution in [2.45, 2.75) is 58.2 Å². The standard InChI is InChI=1S/C19H22F4O3/c1-3-5-12-6-8-15(26-11-12)14(24)10-13-7-9-16(25-4-2)17(18(13)20)19(21,22)23/h7,9,11,15H,3-6,8,10H2,1-2H3. The maximum absolute atomic E-state index is 14.4. The quantitative estimate of drug-likeness (QED) is 0.614. The van der Waals surface area contributed by atoms with E-state index in [1.807, 2.05) is 6.92 Å². The summed E-state index contributed by atoms with van der Waals surface area (Å²) < 4.78 is 64.3. The molecular formula is C19H22F4O3. The Bertz CT molecular complexity index is 680. The van der Waals surface area contributed by atoms with Crippen LogP contribution in [0.2, 0.25) is 0 Å². The van der Waals surface area contributed by atoms with Gasteiger partial charge in [-0.3, -0.25) is 4.79 Å². The number of halogens is 4. The summed E-state index contributed by atoms with van der Waals surface area (Å²) in [6, 6.07) is 2.22. The van der Waals surface area contributed by atoms with Gasteiger partial charge in [0.1, 0.15) is 17.1 Å². The lowest BCUT2D eigenvalue weighted by atomic mass is 9.96. The molecule has 1 heterocycles. The second-order valence-corrected chi connectivity index (χ2v) is 6.18. The first-order chi connectivity index (χ1) is 12.3. The Morgan fingerprint density at radius 1 is 1.31 bits per heavy atom. The molecule has 0 radical (unpaired) electrons. The summed E-state index contributed by atoms with van der Waals surface area (Å²) >= 11 is 0. The van der Waals surface area contributed by atoms with Crippen LogP contribution in [0.5, 0.6) is 5.75 Å². The number of ether oxygens (including phenoxy) is 2. The van der Waals surface area contributed by atoms with E-state index >= 15 is 0 Å². The van der Waals surface area contributed by atoms with Crippen molar-refractivity contribution in [1.29, 1.82) is 0 Å². The largest absolute Gasteiger partial charge is 0.493 e.